The molecule has 0 aliphatic rings. The molecule has 1 N–H and O–H groups in total. The van der Waals surface area contributed by atoms with E-state index >= 15 is 0 Å². The van der Waals surface area contributed by atoms with Crippen molar-refractivity contribution in [3.8, 4) is 0 Å². The SMILES string of the molecule is O=c1ccc2ccccc2[nH]1.[In+3]. The zero-order chi connectivity index (χ0) is 7.68. The van der Waals surface area contributed by atoms with Crippen LogP contribution in [0.3, 0.4) is 0 Å². The smallest absolute Gasteiger partial charge is 0.322 e. The first-order valence-corrected chi connectivity index (χ1v) is 3.44. The standard InChI is InChI=1S/C9H7NO.In/c11-9-6-5-7-3-1-2-4-8(7)10-9;/h1-6H,(H,10,11);/q;+3. The quantitative estimate of drug-likeness (QED) is 0.757. The van der Waals surface area contributed by atoms with Crippen LogP contribution in [0, 0.1) is 0 Å². The Balaban J connectivity index is 0.000000720. The summed E-state index contributed by atoms with van der Waals surface area (Å²) < 4.78 is 0. The number of rotatable bonds is 0. The van der Waals surface area contributed by atoms with E-state index in [0.717, 1.165) is 10.9 Å². The van der Waals surface area contributed by atoms with Crippen LogP contribution in [0.5, 0.6) is 0 Å². The second-order valence-corrected chi connectivity index (χ2v) is 2.41. The average molecular weight is 260 g/mol. The van der Waals surface area contributed by atoms with Crippen molar-refractivity contribution in [3.05, 3.63) is 46.8 Å². The van der Waals surface area contributed by atoms with Gasteiger partial charge in [0.25, 0.3) is 0 Å². The molecule has 1 aromatic heterocycles. The number of para-hydroxylation sites is 1. The molecule has 0 saturated heterocycles. The van der Waals surface area contributed by atoms with Crippen LogP contribution in [0.1, 0.15) is 0 Å². The summed E-state index contributed by atoms with van der Waals surface area (Å²) in [6.45, 7) is 0. The third kappa shape index (κ3) is 1.72. The zero-order valence-corrected chi connectivity index (χ0v) is 9.75. The van der Waals surface area contributed by atoms with Crippen molar-refractivity contribution in [2.45, 2.75) is 0 Å². The van der Waals surface area contributed by atoms with E-state index in [4.69, 9.17) is 0 Å². The molecule has 0 aliphatic heterocycles. The molecule has 0 radical (unpaired) electrons. The molecule has 0 unspecified atom stereocenters. The molecular formula is C9H7InNO+3. The predicted molar refractivity (Wildman–Crippen MR) is 50.3 cm³/mol. The molecule has 0 saturated carbocycles. The molecule has 1 heterocycles. The molecule has 3 heteroatoms. The van der Waals surface area contributed by atoms with Crippen molar-refractivity contribution in [2.75, 3.05) is 0 Å². The van der Waals surface area contributed by atoms with Gasteiger partial charge in [-0.25, -0.2) is 0 Å². The van der Waals surface area contributed by atoms with E-state index in [1.165, 1.54) is 6.07 Å². The van der Waals surface area contributed by atoms with Crippen LogP contribution < -0.4 is 5.56 Å². The molecule has 1 aromatic carbocycles. The van der Waals surface area contributed by atoms with Gasteiger partial charge < -0.3 is 4.98 Å². The van der Waals surface area contributed by atoms with Crippen LogP contribution in [0.4, 0.5) is 0 Å². The van der Waals surface area contributed by atoms with Crippen LogP contribution in [0.25, 0.3) is 10.9 Å². The minimum Gasteiger partial charge on any atom is -0.322 e. The number of hydrogen-bond donors (Lipinski definition) is 1. The minimum atomic E-state index is -0.0521. The summed E-state index contributed by atoms with van der Waals surface area (Å²) in [5, 5.41) is 1.06. The Morgan fingerprint density at radius 2 is 1.75 bits per heavy atom. The first-order chi connectivity index (χ1) is 5.36. The van der Waals surface area contributed by atoms with Crippen LogP contribution in [-0.4, -0.2) is 30.8 Å². The fourth-order valence-electron chi connectivity index (χ4n) is 1.10. The summed E-state index contributed by atoms with van der Waals surface area (Å²) in [7, 11) is 0. The first-order valence-electron chi connectivity index (χ1n) is 3.44. The van der Waals surface area contributed by atoms with Crippen molar-refractivity contribution >= 4 is 36.7 Å². The first kappa shape index (κ1) is 9.39. The van der Waals surface area contributed by atoms with Crippen molar-refractivity contribution < 1.29 is 0 Å². The molecule has 2 aromatic rings. The molecule has 0 atom stereocenters. The molecule has 54 valence electrons. The van der Waals surface area contributed by atoms with Crippen LogP contribution in [-0.2, 0) is 0 Å². The van der Waals surface area contributed by atoms with Gasteiger partial charge in [-0.3, -0.25) is 4.79 Å². The zero-order valence-electron chi connectivity index (χ0n) is 6.45. The Morgan fingerprint density at radius 3 is 2.58 bits per heavy atom. The number of aromatic amines is 1. The fraction of sp³-hybridized carbons (Fsp3) is 0. The predicted octanol–water partition coefficient (Wildman–Crippen LogP) is 1.15. The Hall–Kier alpha value is -0.700. The molecule has 0 bridgehead atoms. The van der Waals surface area contributed by atoms with Gasteiger partial charge in [-0.15, -0.1) is 0 Å². The second-order valence-electron chi connectivity index (χ2n) is 2.41. The van der Waals surface area contributed by atoms with Crippen molar-refractivity contribution in [1.29, 1.82) is 0 Å². The normalized spacial score (nSPS) is 9.33. The van der Waals surface area contributed by atoms with Gasteiger partial charge in [0.05, 0.1) is 0 Å². The fourth-order valence-corrected chi connectivity index (χ4v) is 1.10. The molecule has 0 fully saturated rings. The van der Waals surface area contributed by atoms with Gasteiger partial charge in [-0.2, -0.15) is 0 Å². The topological polar surface area (TPSA) is 32.9 Å². The molecule has 12 heavy (non-hydrogen) atoms. The Kier molecular flexibility index (Phi) is 2.98. The molecule has 2 nitrogen and oxygen atoms in total. The van der Waals surface area contributed by atoms with Crippen molar-refractivity contribution in [2.24, 2.45) is 0 Å². The van der Waals surface area contributed by atoms with Gasteiger partial charge in [0.1, 0.15) is 0 Å². The Morgan fingerprint density at radius 1 is 1.00 bits per heavy atom. The third-order valence-corrected chi connectivity index (χ3v) is 1.63. The van der Waals surface area contributed by atoms with Gasteiger partial charge >= 0.3 is 25.8 Å². The van der Waals surface area contributed by atoms with E-state index in [1.54, 1.807) is 0 Å². The molecule has 2 rings (SSSR count). The van der Waals surface area contributed by atoms with Crippen LogP contribution in [0.15, 0.2) is 41.2 Å². The number of benzene rings is 1. The molecule has 0 aliphatic carbocycles. The van der Waals surface area contributed by atoms with E-state index in [0.29, 0.717) is 0 Å². The number of nitrogens with one attached hydrogen (secondary N) is 1. The number of fused-ring (bicyclic) bond motifs is 1. The number of aromatic nitrogens is 1. The van der Waals surface area contributed by atoms with Gasteiger partial charge in [0.2, 0.25) is 5.56 Å². The maximum atomic E-state index is 10.8. The summed E-state index contributed by atoms with van der Waals surface area (Å²) in [5.74, 6) is 0. The summed E-state index contributed by atoms with van der Waals surface area (Å²) in [5.41, 5.74) is 0.837. The Bertz CT molecular complexity index is 435. The van der Waals surface area contributed by atoms with Crippen molar-refractivity contribution in [3.63, 3.8) is 0 Å². The van der Waals surface area contributed by atoms with Gasteiger partial charge in [-0.05, 0) is 17.5 Å². The minimum absolute atomic E-state index is 0. The monoisotopic (exact) mass is 260 g/mol. The summed E-state index contributed by atoms with van der Waals surface area (Å²) in [6, 6.07) is 11.0. The third-order valence-electron chi connectivity index (χ3n) is 1.63. The largest absolute Gasteiger partial charge is 3.00 e. The molecule has 0 spiro atoms. The number of hydrogen-bond acceptors (Lipinski definition) is 1. The molecular weight excluding hydrogens is 253 g/mol. The maximum Gasteiger partial charge on any atom is 3.00 e. The maximum absolute atomic E-state index is 10.8. The van der Waals surface area contributed by atoms with Gasteiger partial charge in [0, 0.05) is 11.6 Å². The Labute approximate surface area is 88.4 Å². The molecule has 0 amide bonds. The summed E-state index contributed by atoms with van der Waals surface area (Å²) >= 11 is 0. The van der Waals surface area contributed by atoms with Crippen LogP contribution in [0.2, 0.25) is 0 Å². The van der Waals surface area contributed by atoms with E-state index in [2.05, 4.69) is 4.98 Å². The van der Waals surface area contributed by atoms with E-state index < -0.39 is 0 Å². The summed E-state index contributed by atoms with van der Waals surface area (Å²) in [6.07, 6.45) is 0. The average Bonchev–Trinajstić information content (AvgIpc) is 2.04. The van der Waals surface area contributed by atoms with Crippen molar-refractivity contribution in [1.82, 2.24) is 4.98 Å². The van der Waals surface area contributed by atoms with Crippen LogP contribution >= 0.6 is 0 Å². The summed E-state index contributed by atoms with van der Waals surface area (Å²) in [4.78, 5) is 13.6. The number of H-pyrrole nitrogens is 1. The van der Waals surface area contributed by atoms with E-state index in [9.17, 15) is 4.79 Å². The van der Waals surface area contributed by atoms with E-state index in [1.807, 2.05) is 30.3 Å². The second kappa shape index (κ2) is 3.81. The van der Waals surface area contributed by atoms with Gasteiger partial charge in [0.15, 0.2) is 0 Å². The van der Waals surface area contributed by atoms with Gasteiger partial charge in [-0.1, -0.05) is 18.2 Å². The van der Waals surface area contributed by atoms with E-state index in [-0.39, 0.29) is 31.4 Å². The number of pyridine rings is 1.